The average molecular weight is 405 g/mol. The Hall–Kier alpha value is -3.28. The van der Waals surface area contributed by atoms with Gasteiger partial charge < -0.3 is 20.1 Å². The zero-order valence-corrected chi connectivity index (χ0v) is 17.0. The lowest BCUT2D eigenvalue weighted by molar-refractivity contribution is -0.124. The fourth-order valence-corrected chi connectivity index (χ4v) is 3.84. The van der Waals surface area contributed by atoms with Crippen molar-refractivity contribution in [3.05, 3.63) is 47.5 Å². The topological polar surface area (TPSA) is 113 Å². The summed E-state index contributed by atoms with van der Waals surface area (Å²) in [4.78, 5) is 25.2. The third-order valence-corrected chi connectivity index (χ3v) is 5.56. The van der Waals surface area contributed by atoms with Gasteiger partial charge in [-0.2, -0.15) is 0 Å². The average Bonchev–Trinajstić information content (AvgIpc) is 3.28. The summed E-state index contributed by atoms with van der Waals surface area (Å²) in [6, 6.07) is 7.32. The third-order valence-electron chi connectivity index (χ3n) is 5.56. The minimum absolute atomic E-state index is 0.149. The molecule has 8 heteroatoms. The number of benzene rings is 1. The number of aliphatic hydroxyl groups is 2. The van der Waals surface area contributed by atoms with E-state index in [9.17, 15) is 15.0 Å². The molecule has 30 heavy (non-hydrogen) atoms. The first kappa shape index (κ1) is 20.0. The van der Waals surface area contributed by atoms with Crippen molar-refractivity contribution in [3.8, 4) is 11.8 Å². The second kappa shape index (κ2) is 7.86. The van der Waals surface area contributed by atoms with Crippen LogP contribution in [-0.2, 0) is 4.79 Å². The molecule has 8 nitrogen and oxygen atoms in total. The Morgan fingerprint density at radius 3 is 2.53 bits per heavy atom. The lowest BCUT2D eigenvalue weighted by Gasteiger charge is -2.18. The molecule has 3 aromatic rings. The second-order valence-corrected chi connectivity index (χ2v) is 7.59. The van der Waals surface area contributed by atoms with Crippen molar-refractivity contribution in [1.82, 2.24) is 19.5 Å². The summed E-state index contributed by atoms with van der Waals surface area (Å²) in [5.41, 5.74) is 3.03. The Bertz CT molecular complexity index is 1160. The highest BCUT2D eigenvalue weighted by atomic mass is 16.3. The van der Waals surface area contributed by atoms with Crippen molar-refractivity contribution in [2.24, 2.45) is 5.92 Å². The Morgan fingerprint density at radius 1 is 1.17 bits per heavy atom. The van der Waals surface area contributed by atoms with Crippen LogP contribution in [0.15, 0.2) is 30.6 Å². The number of nitrogens with one attached hydrogen (secondary N) is 1. The molecule has 0 saturated heterocycles. The lowest BCUT2D eigenvalue weighted by atomic mass is 10.0. The van der Waals surface area contributed by atoms with Crippen LogP contribution in [0.4, 0.5) is 5.82 Å². The van der Waals surface area contributed by atoms with E-state index in [1.165, 1.54) is 6.92 Å². The van der Waals surface area contributed by atoms with Gasteiger partial charge in [0.25, 0.3) is 0 Å². The summed E-state index contributed by atoms with van der Waals surface area (Å²) in [7, 11) is 1.73. The first-order valence-electron chi connectivity index (χ1n) is 9.76. The summed E-state index contributed by atoms with van der Waals surface area (Å²) in [6.45, 7) is 3.44. The molecule has 1 aliphatic rings. The van der Waals surface area contributed by atoms with Gasteiger partial charge in [-0.1, -0.05) is 23.6 Å². The van der Waals surface area contributed by atoms with Crippen molar-refractivity contribution < 1.29 is 15.0 Å². The number of rotatable bonds is 3. The first-order chi connectivity index (χ1) is 14.4. The number of hydrogen-bond acceptors (Lipinski definition) is 7. The van der Waals surface area contributed by atoms with E-state index >= 15 is 0 Å². The molecule has 0 bridgehead atoms. The summed E-state index contributed by atoms with van der Waals surface area (Å²) in [5.74, 6) is 6.10. The maximum Gasteiger partial charge on any atom is 0.209 e. The van der Waals surface area contributed by atoms with Crippen molar-refractivity contribution in [3.63, 3.8) is 0 Å². The molecule has 2 aromatic heterocycles. The minimum atomic E-state index is -1.11. The van der Waals surface area contributed by atoms with E-state index in [-0.39, 0.29) is 5.78 Å². The molecule has 4 atom stereocenters. The Labute approximate surface area is 174 Å². The van der Waals surface area contributed by atoms with Crippen LogP contribution in [-0.4, -0.2) is 54.8 Å². The third kappa shape index (κ3) is 3.54. The van der Waals surface area contributed by atoms with Crippen molar-refractivity contribution in [2.75, 3.05) is 12.4 Å². The SMILES string of the molecule is CNc1nc(C#Cc2ccc(C)cc2)nc2c1ncn2[C@@H]1C[C@H](C(C)=O)C(O)[C@H]1O. The highest BCUT2D eigenvalue weighted by Gasteiger charge is 2.45. The summed E-state index contributed by atoms with van der Waals surface area (Å²) >= 11 is 0. The van der Waals surface area contributed by atoms with Gasteiger partial charge in [-0.25, -0.2) is 15.0 Å². The number of Topliss-reactive ketones (excluding diaryl/α,β-unsaturated/α-hetero) is 1. The molecule has 1 fully saturated rings. The quantitative estimate of drug-likeness (QED) is 0.565. The predicted molar refractivity (Wildman–Crippen MR) is 112 cm³/mol. The molecule has 1 aromatic carbocycles. The molecule has 1 saturated carbocycles. The fraction of sp³-hybridized carbons (Fsp3) is 0.364. The Balaban J connectivity index is 1.76. The number of aryl methyl sites for hydroxylation is 1. The number of nitrogens with zero attached hydrogens (tertiary/aromatic N) is 4. The second-order valence-electron chi connectivity index (χ2n) is 7.59. The molecule has 4 rings (SSSR count). The highest BCUT2D eigenvalue weighted by Crippen LogP contribution is 2.37. The number of carbonyl (C=O) groups excluding carboxylic acids is 1. The maximum absolute atomic E-state index is 11.8. The van der Waals surface area contributed by atoms with E-state index in [0.717, 1.165) is 11.1 Å². The van der Waals surface area contributed by atoms with Gasteiger partial charge in [0, 0.05) is 18.5 Å². The molecule has 0 spiro atoms. The molecular weight excluding hydrogens is 382 g/mol. The molecule has 3 N–H and O–H groups in total. The summed E-state index contributed by atoms with van der Waals surface area (Å²) in [6.07, 6.45) is -0.338. The van der Waals surface area contributed by atoms with E-state index in [0.29, 0.717) is 29.2 Å². The van der Waals surface area contributed by atoms with Gasteiger partial charge >= 0.3 is 0 Å². The summed E-state index contributed by atoms with van der Waals surface area (Å²) in [5, 5.41) is 23.8. The van der Waals surface area contributed by atoms with Gasteiger partial charge in [-0.05, 0) is 38.3 Å². The number of aliphatic hydroxyl groups excluding tert-OH is 2. The van der Waals surface area contributed by atoms with Crippen molar-refractivity contribution in [1.29, 1.82) is 0 Å². The van der Waals surface area contributed by atoms with Crippen molar-refractivity contribution >= 4 is 22.8 Å². The van der Waals surface area contributed by atoms with Gasteiger partial charge in [0.15, 0.2) is 17.0 Å². The monoisotopic (exact) mass is 405 g/mol. The number of fused-ring (bicyclic) bond motifs is 1. The summed E-state index contributed by atoms with van der Waals surface area (Å²) < 4.78 is 1.70. The normalized spacial score (nSPS) is 23.2. The largest absolute Gasteiger partial charge is 0.390 e. The molecular formula is C22H23N5O3. The van der Waals surface area contributed by atoms with Crippen molar-refractivity contribution in [2.45, 2.75) is 38.5 Å². The van der Waals surface area contributed by atoms with Crippen LogP contribution in [0.1, 0.15) is 36.3 Å². The molecule has 1 aliphatic carbocycles. The first-order valence-corrected chi connectivity index (χ1v) is 9.76. The predicted octanol–water partition coefficient (Wildman–Crippen LogP) is 1.45. The van der Waals surface area contributed by atoms with Crippen LogP contribution in [0.5, 0.6) is 0 Å². The highest BCUT2D eigenvalue weighted by molar-refractivity contribution is 5.84. The molecule has 154 valence electrons. The van der Waals surface area contributed by atoms with E-state index in [4.69, 9.17) is 0 Å². The zero-order chi connectivity index (χ0) is 21.4. The van der Waals surface area contributed by atoms with E-state index in [1.807, 2.05) is 31.2 Å². The number of ketones is 1. The number of carbonyl (C=O) groups is 1. The van der Waals surface area contributed by atoms with Crippen LogP contribution in [0.3, 0.4) is 0 Å². The van der Waals surface area contributed by atoms with Crippen LogP contribution in [0.25, 0.3) is 11.2 Å². The Morgan fingerprint density at radius 2 is 1.90 bits per heavy atom. The molecule has 1 unspecified atom stereocenters. The fourth-order valence-electron chi connectivity index (χ4n) is 3.84. The number of aromatic nitrogens is 4. The zero-order valence-electron chi connectivity index (χ0n) is 17.0. The van der Waals surface area contributed by atoms with E-state index < -0.39 is 24.2 Å². The Kier molecular flexibility index (Phi) is 5.24. The van der Waals surface area contributed by atoms with E-state index in [1.54, 1.807) is 17.9 Å². The molecule has 2 heterocycles. The van der Waals surface area contributed by atoms with Gasteiger partial charge in [-0.3, -0.25) is 4.79 Å². The molecule has 0 amide bonds. The number of imidazole rings is 1. The van der Waals surface area contributed by atoms with Gasteiger partial charge in [0.2, 0.25) is 5.82 Å². The van der Waals surface area contributed by atoms with Crippen LogP contribution < -0.4 is 5.32 Å². The standard InChI is InChI=1S/C22H23N5O3/c1-12-4-6-14(7-5-12)8-9-17-25-21(23-3)18-22(26-17)27(11-24-18)16-10-15(13(2)28)19(29)20(16)30/h4-7,11,15-16,19-20,29-30H,10H2,1-3H3,(H,23,25,26)/t15-,16-,19?,20+/m1/s1. The molecule has 0 aliphatic heterocycles. The van der Waals surface area contributed by atoms with Crippen LogP contribution in [0, 0.1) is 24.7 Å². The smallest absolute Gasteiger partial charge is 0.209 e. The maximum atomic E-state index is 11.8. The van der Waals surface area contributed by atoms with Crippen LogP contribution >= 0.6 is 0 Å². The number of anilines is 1. The van der Waals surface area contributed by atoms with Crippen LogP contribution in [0.2, 0.25) is 0 Å². The lowest BCUT2D eigenvalue weighted by Crippen LogP contribution is -2.31. The van der Waals surface area contributed by atoms with Gasteiger partial charge in [0.1, 0.15) is 11.9 Å². The minimum Gasteiger partial charge on any atom is -0.390 e. The van der Waals surface area contributed by atoms with Gasteiger partial charge in [0.05, 0.1) is 18.5 Å². The number of hydrogen-bond donors (Lipinski definition) is 3. The van der Waals surface area contributed by atoms with Gasteiger partial charge in [-0.15, -0.1) is 0 Å². The van der Waals surface area contributed by atoms with E-state index in [2.05, 4.69) is 32.1 Å². The molecule has 0 radical (unpaired) electrons.